The molecule has 1 saturated heterocycles. The summed E-state index contributed by atoms with van der Waals surface area (Å²) >= 11 is 7.20. The number of benzene rings is 1. The summed E-state index contributed by atoms with van der Waals surface area (Å²) < 4.78 is 7.61. The van der Waals surface area contributed by atoms with Gasteiger partial charge >= 0.3 is 0 Å². The molecule has 1 amide bonds. The summed E-state index contributed by atoms with van der Waals surface area (Å²) in [6.45, 7) is 4.66. The summed E-state index contributed by atoms with van der Waals surface area (Å²) in [6, 6.07) is 7.91. The number of aromatic nitrogens is 3. The zero-order chi connectivity index (χ0) is 20.9. The minimum atomic E-state index is 0. The van der Waals surface area contributed by atoms with E-state index >= 15 is 0 Å². The lowest BCUT2D eigenvalue weighted by molar-refractivity contribution is -0.128. The third kappa shape index (κ3) is 5.92. The SMILES string of the molecule is CC(=O)N1CC=C(c2nccnc2OC2CNC2)CC1.Cl.Clc1nc2ccccc2s1. The highest BCUT2D eigenvalue weighted by Crippen LogP contribution is 2.27. The zero-order valence-electron chi connectivity index (χ0n) is 17.0. The molecule has 3 aromatic rings. The Hall–Kier alpha value is -2.26. The highest BCUT2D eigenvalue weighted by Gasteiger charge is 2.23. The fourth-order valence-corrected chi connectivity index (χ4v) is 4.18. The molecular weight excluding hydrogens is 457 g/mol. The molecule has 1 fully saturated rings. The van der Waals surface area contributed by atoms with Crippen LogP contribution >= 0.6 is 35.3 Å². The number of hydrogen-bond donors (Lipinski definition) is 1. The largest absolute Gasteiger partial charge is 0.470 e. The van der Waals surface area contributed by atoms with E-state index in [1.54, 1.807) is 19.3 Å². The Morgan fingerprint density at radius 2 is 2.03 bits per heavy atom. The van der Waals surface area contributed by atoms with Crippen LogP contribution in [-0.4, -0.2) is 58.0 Å². The van der Waals surface area contributed by atoms with Gasteiger partial charge in [0.1, 0.15) is 11.8 Å². The molecule has 31 heavy (non-hydrogen) atoms. The van der Waals surface area contributed by atoms with Gasteiger partial charge in [0.05, 0.1) is 10.2 Å². The molecule has 0 radical (unpaired) electrons. The normalized spacial score (nSPS) is 15.8. The second-order valence-corrected chi connectivity index (χ2v) is 8.60. The van der Waals surface area contributed by atoms with E-state index in [2.05, 4.69) is 20.3 Å². The van der Waals surface area contributed by atoms with Gasteiger partial charge in [0.25, 0.3) is 0 Å². The van der Waals surface area contributed by atoms with Crippen LogP contribution in [0.3, 0.4) is 0 Å². The first-order chi connectivity index (χ1) is 14.6. The minimum absolute atomic E-state index is 0. The quantitative estimate of drug-likeness (QED) is 0.614. The van der Waals surface area contributed by atoms with Crippen LogP contribution in [0.2, 0.25) is 4.47 Å². The first kappa shape index (κ1) is 23.4. The van der Waals surface area contributed by atoms with Crippen LogP contribution in [0.5, 0.6) is 5.88 Å². The summed E-state index contributed by atoms with van der Waals surface area (Å²) in [6.07, 6.45) is 6.34. The van der Waals surface area contributed by atoms with E-state index in [4.69, 9.17) is 16.3 Å². The van der Waals surface area contributed by atoms with Gasteiger partial charge in [-0.05, 0) is 24.1 Å². The monoisotopic (exact) mass is 479 g/mol. The van der Waals surface area contributed by atoms with Gasteiger partial charge in [0, 0.05) is 45.5 Å². The second kappa shape index (κ2) is 10.9. The van der Waals surface area contributed by atoms with Crippen molar-refractivity contribution in [3.8, 4) is 5.88 Å². The van der Waals surface area contributed by atoms with Crippen molar-refractivity contribution in [2.24, 2.45) is 0 Å². The zero-order valence-corrected chi connectivity index (χ0v) is 19.3. The number of hydrogen-bond acceptors (Lipinski definition) is 7. The fraction of sp³-hybridized carbons (Fsp3) is 0.333. The molecule has 4 heterocycles. The van der Waals surface area contributed by atoms with Crippen molar-refractivity contribution in [1.29, 1.82) is 0 Å². The number of fused-ring (bicyclic) bond motifs is 1. The molecule has 7 nitrogen and oxygen atoms in total. The number of carbonyl (C=O) groups is 1. The molecule has 2 aromatic heterocycles. The van der Waals surface area contributed by atoms with Gasteiger partial charge in [-0.2, -0.15) is 0 Å². The molecule has 2 aliphatic rings. The first-order valence-corrected chi connectivity index (χ1v) is 10.9. The van der Waals surface area contributed by atoms with Gasteiger partial charge in [-0.3, -0.25) is 4.79 Å². The summed E-state index contributed by atoms with van der Waals surface area (Å²) in [7, 11) is 0. The molecule has 0 spiro atoms. The van der Waals surface area contributed by atoms with Gasteiger partial charge in [0.2, 0.25) is 11.8 Å². The third-order valence-electron chi connectivity index (χ3n) is 4.91. The van der Waals surface area contributed by atoms with Gasteiger partial charge in [-0.15, -0.1) is 23.7 Å². The summed E-state index contributed by atoms with van der Waals surface area (Å²) in [4.78, 5) is 26.0. The van der Waals surface area contributed by atoms with E-state index in [0.29, 0.717) is 16.9 Å². The fourth-order valence-electron chi connectivity index (χ4n) is 3.15. The van der Waals surface area contributed by atoms with E-state index in [-0.39, 0.29) is 24.4 Å². The Kier molecular flexibility index (Phi) is 8.20. The Balaban J connectivity index is 0.000000208. The van der Waals surface area contributed by atoms with E-state index in [9.17, 15) is 4.79 Å². The van der Waals surface area contributed by atoms with E-state index in [0.717, 1.165) is 47.5 Å². The maximum Gasteiger partial charge on any atom is 0.240 e. The third-order valence-corrected chi connectivity index (χ3v) is 6.05. The van der Waals surface area contributed by atoms with Crippen LogP contribution in [0, 0.1) is 0 Å². The van der Waals surface area contributed by atoms with Crippen LogP contribution in [0.4, 0.5) is 0 Å². The average molecular weight is 480 g/mol. The molecule has 0 saturated carbocycles. The molecule has 10 heteroatoms. The second-order valence-electron chi connectivity index (χ2n) is 6.99. The van der Waals surface area contributed by atoms with Crippen molar-refractivity contribution < 1.29 is 9.53 Å². The molecule has 1 N–H and O–H groups in total. The highest BCUT2D eigenvalue weighted by molar-refractivity contribution is 7.22. The molecular formula is C21H23Cl2N5O2S. The van der Waals surface area contributed by atoms with Crippen LogP contribution in [0.15, 0.2) is 42.7 Å². The number of rotatable bonds is 3. The van der Waals surface area contributed by atoms with Gasteiger partial charge < -0.3 is 15.0 Å². The average Bonchev–Trinajstić information content (AvgIpc) is 3.12. The van der Waals surface area contributed by atoms with Crippen molar-refractivity contribution in [2.45, 2.75) is 19.4 Å². The van der Waals surface area contributed by atoms with E-state index in [1.807, 2.05) is 35.2 Å². The van der Waals surface area contributed by atoms with Crippen molar-refractivity contribution in [3.63, 3.8) is 0 Å². The maximum absolute atomic E-state index is 11.3. The number of nitrogens with one attached hydrogen (secondary N) is 1. The lowest BCUT2D eigenvalue weighted by atomic mass is 10.0. The summed E-state index contributed by atoms with van der Waals surface area (Å²) in [5.74, 6) is 0.706. The van der Waals surface area contributed by atoms with Gasteiger partial charge in [0.15, 0.2) is 4.47 Å². The van der Waals surface area contributed by atoms with Gasteiger partial charge in [-0.1, -0.05) is 29.8 Å². The number of para-hydroxylation sites is 1. The van der Waals surface area contributed by atoms with Crippen molar-refractivity contribution >= 4 is 57.0 Å². The Morgan fingerprint density at radius 3 is 2.68 bits per heavy atom. The number of thiazole rings is 1. The van der Waals surface area contributed by atoms with Crippen molar-refractivity contribution in [1.82, 2.24) is 25.2 Å². The lowest BCUT2D eigenvalue weighted by Crippen LogP contribution is -2.50. The van der Waals surface area contributed by atoms with Crippen molar-refractivity contribution in [3.05, 3.63) is 52.9 Å². The van der Waals surface area contributed by atoms with Crippen LogP contribution in [-0.2, 0) is 4.79 Å². The topological polar surface area (TPSA) is 80.2 Å². The number of amides is 1. The van der Waals surface area contributed by atoms with E-state index < -0.39 is 0 Å². The van der Waals surface area contributed by atoms with Crippen molar-refractivity contribution in [2.75, 3.05) is 26.2 Å². The Bertz CT molecular complexity index is 1040. The molecule has 1 aromatic carbocycles. The number of ether oxygens (including phenoxy) is 1. The number of nitrogens with zero attached hydrogens (tertiary/aromatic N) is 4. The lowest BCUT2D eigenvalue weighted by Gasteiger charge is -2.29. The minimum Gasteiger partial charge on any atom is -0.470 e. The smallest absolute Gasteiger partial charge is 0.240 e. The highest BCUT2D eigenvalue weighted by atomic mass is 35.5. The molecule has 5 rings (SSSR count). The molecule has 0 aliphatic carbocycles. The molecule has 0 atom stereocenters. The standard InChI is InChI=1S/C14H18N4O2.C7H4ClNS.ClH/c1-10(19)18-6-2-11(3-7-18)13-14(17-5-4-16-13)20-12-8-15-9-12;8-7-9-5-3-1-2-4-6(5)10-7;/h2,4-5,12,15H,3,6-9H2,1H3;1-4H;1H. The Labute approximate surface area is 195 Å². The number of halogens is 2. The van der Waals surface area contributed by atoms with Crippen LogP contribution in [0.1, 0.15) is 19.0 Å². The van der Waals surface area contributed by atoms with Crippen LogP contribution < -0.4 is 10.1 Å². The van der Waals surface area contributed by atoms with Gasteiger partial charge in [-0.25, -0.2) is 15.0 Å². The predicted molar refractivity (Wildman–Crippen MR) is 126 cm³/mol. The van der Waals surface area contributed by atoms with E-state index in [1.165, 1.54) is 11.3 Å². The summed E-state index contributed by atoms with van der Waals surface area (Å²) in [5.41, 5.74) is 2.90. The van der Waals surface area contributed by atoms with Crippen LogP contribution in [0.25, 0.3) is 15.8 Å². The first-order valence-electron chi connectivity index (χ1n) is 9.74. The summed E-state index contributed by atoms with van der Waals surface area (Å²) in [5, 5.41) is 3.17. The maximum atomic E-state index is 11.3. The molecule has 164 valence electrons. The molecule has 2 aliphatic heterocycles. The Morgan fingerprint density at radius 1 is 1.26 bits per heavy atom. The molecule has 0 bridgehead atoms. The molecule has 0 unspecified atom stereocenters. The predicted octanol–water partition coefficient (Wildman–Crippen LogP) is 3.83. The number of carbonyl (C=O) groups excluding carboxylic acids is 1.